The quantitative estimate of drug-likeness (QED) is 0.264. The highest BCUT2D eigenvalue weighted by molar-refractivity contribution is 7.92. The molecule has 1 aromatic heterocycles. The van der Waals surface area contributed by atoms with E-state index >= 15 is 0 Å². The summed E-state index contributed by atoms with van der Waals surface area (Å²) in [7, 11) is -2.22. The lowest BCUT2D eigenvalue weighted by atomic mass is 10.2. The summed E-state index contributed by atoms with van der Waals surface area (Å²) in [6, 6.07) is 24.0. The Morgan fingerprint density at radius 1 is 0.972 bits per heavy atom. The summed E-state index contributed by atoms with van der Waals surface area (Å²) in [5.41, 5.74) is 7.08. The van der Waals surface area contributed by atoms with Crippen molar-refractivity contribution in [3.05, 3.63) is 112 Å². The molecule has 3 aromatic carbocycles. The molecular formula is C27H25ClN4O3S. The second-order valence-electron chi connectivity index (χ2n) is 8.17. The van der Waals surface area contributed by atoms with Gasteiger partial charge in [-0.15, -0.1) is 0 Å². The van der Waals surface area contributed by atoms with Crippen LogP contribution in [-0.2, 0) is 10.0 Å². The molecule has 184 valence electrons. The summed E-state index contributed by atoms with van der Waals surface area (Å²) in [5, 5.41) is 4.76. The third-order valence-corrected chi connectivity index (χ3v) is 7.84. The van der Waals surface area contributed by atoms with Crippen LogP contribution in [0.2, 0.25) is 5.02 Å². The molecule has 1 N–H and O–H groups in total. The summed E-state index contributed by atoms with van der Waals surface area (Å²) in [6.07, 6.45) is 1.59. The lowest BCUT2D eigenvalue weighted by Gasteiger charge is -2.19. The Labute approximate surface area is 215 Å². The topological polar surface area (TPSA) is 83.8 Å². The molecule has 0 unspecified atom stereocenters. The van der Waals surface area contributed by atoms with Gasteiger partial charge in [0.2, 0.25) is 0 Å². The van der Waals surface area contributed by atoms with Crippen molar-refractivity contribution in [2.45, 2.75) is 18.7 Å². The molecule has 0 aliphatic heterocycles. The number of carbonyl (C=O) groups is 1. The Kier molecular flexibility index (Phi) is 7.28. The van der Waals surface area contributed by atoms with Crippen molar-refractivity contribution in [1.29, 1.82) is 0 Å². The molecule has 36 heavy (non-hydrogen) atoms. The van der Waals surface area contributed by atoms with Gasteiger partial charge in [-0.3, -0.25) is 9.10 Å². The number of benzene rings is 3. The number of aromatic nitrogens is 1. The van der Waals surface area contributed by atoms with Crippen LogP contribution in [0, 0.1) is 13.8 Å². The van der Waals surface area contributed by atoms with Gasteiger partial charge in [0.1, 0.15) is 0 Å². The predicted molar refractivity (Wildman–Crippen MR) is 144 cm³/mol. The number of hydrazone groups is 1. The Hall–Kier alpha value is -3.88. The van der Waals surface area contributed by atoms with E-state index in [4.69, 9.17) is 11.6 Å². The van der Waals surface area contributed by atoms with Crippen molar-refractivity contribution >= 4 is 39.4 Å². The second kappa shape index (κ2) is 10.4. The fourth-order valence-corrected chi connectivity index (χ4v) is 5.27. The molecule has 0 atom stereocenters. The molecule has 0 saturated heterocycles. The molecule has 9 heteroatoms. The molecule has 0 bridgehead atoms. The van der Waals surface area contributed by atoms with Crippen LogP contribution in [0.15, 0.2) is 94.9 Å². The molecule has 4 rings (SSSR count). The van der Waals surface area contributed by atoms with Gasteiger partial charge in [-0.05, 0) is 74.5 Å². The van der Waals surface area contributed by atoms with Gasteiger partial charge in [0.15, 0.2) is 0 Å². The number of halogens is 1. The van der Waals surface area contributed by atoms with Gasteiger partial charge in [0.05, 0.1) is 16.8 Å². The van der Waals surface area contributed by atoms with Crippen LogP contribution in [0.25, 0.3) is 5.69 Å². The molecule has 7 nitrogen and oxygen atoms in total. The summed E-state index contributed by atoms with van der Waals surface area (Å²) in [6.45, 7) is 3.95. The third-order valence-electron chi connectivity index (χ3n) is 5.80. The lowest BCUT2D eigenvalue weighted by molar-refractivity contribution is 0.0955. The van der Waals surface area contributed by atoms with Crippen LogP contribution in [0.5, 0.6) is 0 Å². The maximum absolute atomic E-state index is 12.8. The van der Waals surface area contributed by atoms with Crippen molar-refractivity contribution in [1.82, 2.24) is 9.99 Å². The van der Waals surface area contributed by atoms with Crippen molar-refractivity contribution in [3.63, 3.8) is 0 Å². The van der Waals surface area contributed by atoms with Crippen molar-refractivity contribution in [2.75, 3.05) is 11.4 Å². The van der Waals surface area contributed by atoms with E-state index < -0.39 is 15.9 Å². The Morgan fingerprint density at radius 2 is 1.67 bits per heavy atom. The van der Waals surface area contributed by atoms with Gasteiger partial charge < -0.3 is 4.57 Å². The molecule has 4 aromatic rings. The summed E-state index contributed by atoms with van der Waals surface area (Å²) in [5.74, 6) is -0.407. The van der Waals surface area contributed by atoms with Gasteiger partial charge in [-0.1, -0.05) is 35.9 Å². The minimum absolute atomic E-state index is 0.193. The van der Waals surface area contributed by atoms with E-state index in [2.05, 4.69) is 15.1 Å². The molecule has 0 aliphatic rings. The highest BCUT2D eigenvalue weighted by Crippen LogP contribution is 2.23. The normalized spacial score (nSPS) is 11.6. The van der Waals surface area contributed by atoms with E-state index in [-0.39, 0.29) is 4.90 Å². The average Bonchev–Trinajstić information content (AvgIpc) is 3.16. The Morgan fingerprint density at radius 3 is 2.33 bits per heavy atom. The van der Waals surface area contributed by atoms with Gasteiger partial charge in [-0.25, -0.2) is 13.8 Å². The zero-order valence-electron chi connectivity index (χ0n) is 20.0. The van der Waals surface area contributed by atoms with Crippen LogP contribution in [-0.4, -0.2) is 32.2 Å². The average molecular weight is 521 g/mol. The minimum Gasteiger partial charge on any atom is -0.318 e. The minimum atomic E-state index is -3.70. The van der Waals surface area contributed by atoms with Crippen LogP contribution in [0.4, 0.5) is 5.69 Å². The lowest BCUT2D eigenvalue weighted by Crippen LogP contribution is -2.26. The van der Waals surface area contributed by atoms with E-state index in [1.165, 1.54) is 23.5 Å². The highest BCUT2D eigenvalue weighted by atomic mass is 35.5. The maximum Gasteiger partial charge on any atom is 0.271 e. The van der Waals surface area contributed by atoms with Crippen LogP contribution >= 0.6 is 11.6 Å². The van der Waals surface area contributed by atoms with E-state index in [1.54, 1.807) is 48.7 Å². The number of aryl methyl sites for hydroxylation is 1. The predicted octanol–water partition coefficient (Wildman–Crippen LogP) is 5.34. The van der Waals surface area contributed by atoms with Gasteiger partial charge in [0, 0.05) is 40.3 Å². The van der Waals surface area contributed by atoms with E-state index in [1.807, 2.05) is 44.2 Å². The standard InChI is InChI=1S/C27H25ClN4O3S/c1-19-16-22(20(2)32(19)25-9-7-8-23(28)17-25)18-29-30-27(33)21-12-14-24(15-13-21)31(3)36(34,35)26-10-5-4-6-11-26/h4-18H,1-3H3,(H,30,33)/b29-18+. The summed E-state index contributed by atoms with van der Waals surface area (Å²) in [4.78, 5) is 12.8. The number of nitrogens with zero attached hydrogens (tertiary/aromatic N) is 3. The molecule has 1 amide bonds. The van der Waals surface area contributed by atoms with Crippen LogP contribution in [0.3, 0.4) is 0 Å². The third kappa shape index (κ3) is 5.19. The number of sulfonamides is 1. The largest absolute Gasteiger partial charge is 0.318 e. The van der Waals surface area contributed by atoms with E-state index in [9.17, 15) is 13.2 Å². The van der Waals surface area contributed by atoms with E-state index in [0.717, 1.165) is 22.6 Å². The zero-order chi connectivity index (χ0) is 25.9. The number of anilines is 1. The number of nitrogens with one attached hydrogen (secondary N) is 1. The zero-order valence-corrected chi connectivity index (χ0v) is 21.6. The number of rotatable bonds is 7. The van der Waals surface area contributed by atoms with E-state index in [0.29, 0.717) is 16.3 Å². The first kappa shape index (κ1) is 25.2. The van der Waals surface area contributed by atoms with Gasteiger partial charge >= 0.3 is 0 Å². The van der Waals surface area contributed by atoms with Crippen LogP contribution in [0.1, 0.15) is 27.3 Å². The smallest absolute Gasteiger partial charge is 0.271 e. The van der Waals surface area contributed by atoms with Crippen molar-refractivity contribution < 1.29 is 13.2 Å². The fourth-order valence-electron chi connectivity index (χ4n) is 3.87. The number of carbonyl (C=O) groups excluding carboxylic acids is 1. The first-order valence-corrected chi connectivity index (χ1v) is 12.9. The monoisotopic (exact) mass is 520 g/mol. The Balaban J connectivity index is 1.45. The molecule has 0 saturated carbocycles. The molecule has 0 fully saturated rings. The maximum atomic E-state index is 12.8. The summed E-state index contributed by atoms with van der Waals surface area (Å²) >= 11 is 6.14. The number of amides is 1. The molecule has 0 radical (unpaired) electrons. The Bertz CT molecular complexity index is 1530. The highest BCUT2D eigenvalue weighted by Gasteiger charge is 2.21. The van der Waals surface area contributed by atoms with Gasteiger partial charge in [0.25, 0.3) is 15.9 Å². The van der Waals surface area contributed by atoms with Gasteiger partial charge in [-0.2, -0.15) is 5.10 Å². The molecular weight excluding hydrogens is 496 g/mol. The molecule has 0 aliphatic carbocycles. The molecule has 0 spiro atoms. The fraction of sp³-hybridized carbons (Fsp3) is 0.111. The molecule has 1 heterocycles. The second-order valence-corrected chi connectivity index (χ2v) is 10.6. The first-order valence-electron chi connectivity index (χ1n) is 11.1. The summed E-state index contributed by atoms with van der Waals surface area (Å²) < 4.78 is 28.9. The van der Waals surface area contributed by atoms with Crippen molar-refractivity contribution in [2.24, 2.45) is 5.10 Å². The number of hydrogen-bond donors (Lipinski definition) is 1. The van der Waals surface area contributed by atoms with Crippen LogP contribution < -0.4 is 9.73 Å². The SMILES string of the molecule is Cc1cc(/C=N/NC(=O)c2ccc(N(C)S(=O)(=O)c3ccccc3)cc2)c(C)n1-c1cccc(Cl)c1. The first-order chi connectivity index (χ1) is 17.2. The number of hydrogen-bond acceptors (Lipinski definition) is 4. The van der Waals surface area contributed by atoms with Crippen molar-refractivity contribution in [3.8, 4) is 5.69 Å².